The summed E-state index contributed by atoms with van der Waals surface area (Å²) in [5, 5.41) is 0. The molecule has 1 aromatic carbocycles. The summed E-state index contributed by atoms with van der Waals surface area (Å²) in [6, 6.07) is 8.42. The normalized spacial score (nSPS) is 10.7. The molecule has 0 aliphatic heterocycles. The Hall–Kier alpha value is -1.88. The van der Waals surface area contributed by atoms with Crippen LogP contribution in [-0.4, -0.2) is 23.1 Å². The lowest BCUT2D eigenvalue weighted by atomic mass is 10.0. The summed E-state index contributed by atoms with van der Waals surface area (Å²) in [6.07, 6.45) is 1.38. The fourth-order valence-electron chi connectivity index (χ4n) is 2.67. The average Bonchev–Trinajstić information content (AvgIpc) is 2.52. The number of H-pyrrole nitrogens is 2. The van der Waals surface area contributed by atoms with Gasteiger partial charge in [-0.2, -0.15) is 0 Å². The third kappa shape index (κ3) is 3.65. The highest BCUT2D eigenvalue weighted by atomic mass is 32.1. The van der Waals surface area contributed by atoms with Crippen molar-refractivity contribution < 1.29 is 0 Å². The molecule has 4 nitrogen and oxygen atoms in total. The van der Waals surface area contributed by atoms with Crippen molar-refractivity contribution >= 4 is 17.9 Å². The van der Waals surface area contributed by atoms with Crippen molar-refractivity contribution in [2.24, 2.45) is 0 Å². The van der Waals surface area contributed by atoms with Crippen LogP contribution in [-0.2, 0) is 12.8 Å². The largest absolute Gasteiger partial charge is 0.372 e. The molecule has 0 amide bonds. The number of nitrogens with one attached hydrogen (secondary N) is 2. The van der Waals surface area contributed by atoms with E-state index in [1.165, 1.54) is 5.69 Å². The smallest absolute Gasteiger partial charge is 0.255 e. The summed E-state index contributed by atoms with van der Waals surface area (Å²) in [5.74, 6) is 0. The first kappa shape index (κ1) is 16.5. The maximum absolute atomic E-state index is 12.1. The Bertz CT molecular complexity index is 727. The Labute approximate surface area is 136 Å². The third-order valence-electron chi connectivity index (χ3n) is 3.93. The zero-order chi connectivity index (χ0) is 16.1. The van der Waals surface area contributed by atoms with Gasteiger partial charge in [-0.15, -0.1) is 0 Å². The van der Waals surface area contributed by atoms with Crippen LogP contribution in [0.2, 0.25) is 0 Å². The Morgan fingerprint density at radius 3 is 2.23 bits per heavy atom. The molecule has 1 aromatic heterocycles. The zero-order valence-electron chi connectivity index (χ0n) is 13.4. The summed E-state index contributed by atoms with van der Waals surface area (Å²) < 4.78 is 0.391. The molecule has 0 saturated heterocycles. The van der Waals surface area contributed by atoms with Gasteiger partial charge >= 0.3 is 0 Å². The Balaban J connectivity index is 2.29. The highest BCUT2D eigenvalue weighted by Gasteiger charge is 2.09. The third-order valence-corrected chi connectivity index (χ3v) is 4.13. The number of nitrogens with zero attached hydrogens (tertiary/aromatic N) is 1. The van der Waals surface area contributed by atoms with Gasteiger partial charge in [-0.1, -0.05) is 19.1 Å². The minimum atomic E-state index is -0.0894. The van der Waals surface area contributed by atoms with Gasteiger partial charge < -0.3 is 9.88 Å². The molecular weight excluding hydrogens is 294 g/mol. The second-order valence-electron chi connectivity index (χ2n) is 5.23. The molecule has 0 radical (unpaired) electrons. The van der Waals surface area contributed by atoms with E-state index in [2.05, 4.69) is 53.0 Å². The number of hydrogen-bond donors (Lipinski definition) is 2. The second-order valence-corrected chi connectivity index (χ2v) is 5.64. The van der Waals surface area contributed by atoms with Crippen LogP contribution in [0.3, 0.4) is 0 Å². The topological polar surface area (TPSA) is 51.9 Å². The van der Waals surface area contributed by atoms with E-state index >= 15 is 0 Å². The van der Waals surface area contributed by atoms with Crippen LogP contribution in [0.4, 0.5) is 5.69 Å². The summed E-state index contributed by atoms with van der Waals surface area (Å²) in [7, 11) is 0. The van der Waals surface area contributed by atoms with Gasteiger partial charge in [0.2, 0.25) is 0 Å². The van der Waals surface area contributed by atoms with Crippen LogP contribution < -0.4 is 10.5 Å². The van der Waals surface area contributed by atoms with Gasteiger partial charge in [-0.3, -0.25) is 9.78 Å². The van der Waals surface area contributed by atoms with Crippen LogP contribution in [0.25, 0.3) is 0 Å². The Kier molecular flexibility index (Phi) is 5.55. The van der Waals surface area contributed by atoms with Crippen molar-refractivity contribution in [2.45, 2.75) is 33.6 Å². The summed E-state index contributed by atoms with van der Waals surface area (Å²) in [5.41, 5.74) is 3.94. The number of anilines is 1. The van der Waals surface area contributed by atoms with Gasteiger partial charge in [-0.05, 0) is 50.2 Å². The quantitative estimate of drug-likeness (QED) is 0.803. The van der Waals surface area contributed by atoms with Crippen molar-refractivity contribution in [2.75, 3.05) is 18.0 Å². The molecule has 2 rings (SSSR count). The lowest BCUT2D eigenvalue weighted by molar-refractivity contribution is 0.865. The number of aromatic nitrogens is 2. The van der Waals surface area contributed by atoms with Gasteiger partial charge in [0.25, 0.3) is 5.56 Å². The fraction of sp³-hybridized carbons (Fsp3) is 0.412. The lowest BCUT2D eigenvalue weighted by Gasteiger charge is -2.21. The van der Waals surface area contributed by atoms with E-state index in [4.69, 9.17) is 12.2 Å². The first-order valence-electron chi connectivity index (χ1n) is 7.77. The molecule has 0 fully saturated rings. The average molecular weight is 317 g/mol. The molecule has 0 aliphatic rings. The van der Waals surface area contributed by atoms with E-state index in [1.54, 1.807) is 0 Å². The molecule has 0 unspecified atom stereocenters. The SMILES string of the molecule is CCc1[nH]c(=S)[nH]c(=O)c1Cc1ccc(N(CC)CC)cc1. The van der Waals surface area contributed by atoms with E-state index < -0.39 is 0 Å². The van der Waals surface area contributed by atoms with Gasteiger partial charge in [0.1, 0.15) is 0 Å². The van der Waals surface area contributed by atoms with Crippen molar-refractivity contribution in [3.63, 3.8) is 0 Å². The maximum Gasteiger partial charge on any atom is 0.255 e. The Morgan fingerprint density at radius 2 is 1.68 bits per heavy atom. The number of benzene rings is 1. The second kappa shape index (κ2) is 7.40. The van der Waals surface area contributed by atoms with Crippen molar-refractivity contribution in [3.8, 4) is 0 Å². The van der Waals surface area contributed by atoms with Gasteiger partial charge in [0, 0.05) is 36.5 Å². The molecular formula is C17H23N3OS. The predicted molar refractivity (Wildman–Crippen MR) is 94.4 cm³/mol. The monoisotopic (exact) mass is 317 g/mol. The minimum absolute atomic E-state index is 0.0894. The van der Waals surface area contributed by atoms with Crippen LogP contribution >= 0.6 is 12.2 Å². The molecule has 2 N–H and O–H groups in total. The predicted octanol–water partition coefficient (Wildman–Crippen LogP) is 3.43. The van der Waals surface area contributed by atoms with Crippen molar-refractivity contribution in [1.82, 2.24) is 9.97 Å². The standard InChI is InChI=1S/C17H23N3OS/c1-4-15-14(16(21)19-17(22)18-15)11-12-7-9-13(10-8-12)20(5-2)6-3/h7-10H,4-6,11H2,1-3H3,(H2,18,19,21,22). The highest BCUT2D eigenvalue weighted by molar-refractivity contribution is 7.71. The number of aryl methyl sites for hydroxylation is 1. The Morgan fingerprint density at radius 1 is 1.05 bits per heavy atom. The minimum Gasteiger partial charge on any atom is -0.372 e. The van der Waals surface area contributed by atoms with Crippen molar-refractivity contribution in [3.05, 3.63) is 56.2 Å². The van der Waals surface area contributed by atoms with Crippen LogP contribution in [0.15, 0.2) is 29.1 Å². The van der Waals surface area contributed by atoms with E-state index in [0.717, 1.165) is 36.3 Å². The van der Waals surface area contributed by atoms with E-state index in [0.29, 0.717) is 11.2 Å². The molecule has 2 aromatic rings. The van der Waals surface area contributed by atoms with Gasteiger partial charge in [0.15, 0.2) is 4.77 Å². The van der Waals surface area contributed by atoms with Crippen LogP contribution in [0.1, 0.15) is 37.6 Å². The molecule has 118 valence electrons. The fourth-order valence-corrected chi connectivity index (χ4v) is 2.88. The van der Waals surface area contributed by atoms with E-state index in [-0.39, 0.29) is 5.56 Å². The van der Waals surface area contributed by atoms with Gasteiger partial charge in [0.05, 0.1) is 0 Å². The maximum atomic E-state index is 12.1. The summed E-state index contributed by atoms with van der Waals surface area (Å²) in [4.78, 5) is 20.2. The molecule has 22 heavy (non-hydrogen) atoms. The molecule has 0 spiro atoms. The first-order valence-corrected chi connectivity index (χ1v) is 8.18. The van der Waals surface area contributed by atoms with Crippen LogP contribution in [0.5, 0.6) is 0 Å². The highest BCUT2D eigenvalue weighted by Crippen LogP contribution is 2.17. The summed E-state index contributed by atoms with van der Waals surface area (Å²) in [6.45, 7) is 8.30. The molecule has 1 heterocycles. The first-order chi connectivity index (χ1) is 10.6. The molecule has 0 aliphatic carbocycles. The molecule has 0 atom stereocenters. The van der Waals surface area contributed by atoms with Gasteiger partial charge in [-0.25, -0.2) is 0 Å². The molecule has 5 heteroatoms. The number of rotatable bonds is 6. The number of aromatic amines is 2. The van der Waals surface area contributed by atoms with Crippen molar-refractivity contribution in [1.29, 1.82) is 0 Å². The molecule has 0 saturated carbocycles. The molecule has 0 bridgehead atoms. The van der Waals surface area contributed by atoms with Crippen LogP contribution in [0, 0.1) is 4.77 Å². The summed E-state index contributed by atoms with van der Waals surface area (Å²) >= 11 is 5.03. The van der Waals surface area contributed by atoms with E-state index in [9.17, 15) is 4.79 Å². The van der Waals surface area contributed by atoms with E-state index in [1.807, 2.05) is 6.92 Å². The lowest BCUT2D eigenvalue weighted by Crippen LogP contribution is -2.21. The number of hydrogen-bond acceptors (Lipinski definition) is 3. The zero-order valence-corrected chi connectivity index (χ0v) is 14.2.